The Hall–Kier alpha value is -1.88. The van der Waals surface area contributed by atoms with Gasteiger partial charge in [-0.15, -0.1) is 0 Å². The molecular formula is C14H17N3O2. The van der Waals surface area contributed by atoms with Crippen LogP contribution in [-0.2, 0) is 11.2 Å². The maximum Gasteiger partial charge on any atom is 0.232 e. The van der Waals surface area contributed by atoms with Crippen LogP contribution in [-0.4, -0.2) is 42.0 Å². The van der Waals surface area contributed by atoms with E-state index in [0.29, 0.717) is 5.89 Å². The number of oxazole rings is 1. The third-order valence-corrected chi connectivity index (χ3v) is 3.36. The van der Waals surface area contributed by atoms with Crippen LogP contribution in [0.2, 0.25) is 0 Å². The molecule has 1 aliphatic rings. The first kappa shape index (κ1) is 12.2. The fourth-order valence-corrected chi connectivity index (χ4v) is 2.32. The Morgan fingerprint density at radius 1 is 1.42 bits per heavy atom. The summed E-state index contributed by atoms with van der Waals surface area (Å²) in [5, 5.41) is 3.23. The molecule has 1 aliphatic heterocycles. The van der Waals surface area contributed by atoms with Gasteiger partial charge < -0.3 is 14.6 Å². The van der Waals surface area contributed by atoms with Crippen LogP contribution in [0.3, 0.4) is 0 Å². The monoisotopic (exact) mass is 259 g/mol. The molecule has 5 nitrogen and oxygen atoms in total. The molecule has 2 heterocycles. The Kier molecular flexibility index (Phi) is 3.21. The second kappa shape index (κ2) is 5.01. The molecule has 2 aromatic rings. The molecule has 1 N–H and O–H groups in total. The summed E-state index contributed by atoms with van der Waals surface area (Å²) in [6, 6.07) is 5.85. The zero-order chi connectivity index (χ0) is 13.2. The molecule has 0 atom stereocenters. The van der Waals surface area contributed by atoms with Gasteiger partial charge in [-0.2, -0.15) is 0 Å². The number of carbonyl (C=O) groups excluding carboxylic acids is 1. The number of nitrogens with one attached hydrogen (secondary N) is 1. The van der Waals surface area contributed by atoms with Crippen LogP contribution in [0.1, 0.15) is 11.5 Å². The number of carbonyl (C=O) groups is 1. The number of piperazine rings is 1. The first-order valence-corrected chi connectivity index (χ1v) is 6.57. The van der Waals surface area contributed by atoms with Gasteiger partial charge in [0.05, 0.1) is 0 Å². The second-order valence-electron chi connectivity index (χ2n) is 4.89. The van der Waals surface area contributed by atoms with E-state index in [4.69, 9.17) is 4.42 Å². The van der Waals surface area contributed by atoms with Gasteiger partial charge in [0.25, 0.3) is 0 Å². The Morgan fingerprint density at radius 3 is 3.00 bits per heavy atom. The van der Waals surface area contributed by atoms with Crippen LogP contribution in [0.25, 0.3) is 11.1 Å². The van der Waals surface area contributed by atoms with Gasteiger partial charge in [0.1, 0.15) is 11.9 Å². The van der Waals surface area contributed by atoms with Crippen molar-refractivity contribution in [2.24, 2.45) is 0 Å². The number of benzene rings is 1. The number of amides is 1. The summed E-state index contributed by atoms with van der Waals surface area (Å²) >= 11 is 0. The summed E-state index contributed by atoms with van der Waals surface area (Å²) < 4.78 is 5.61. The van der Waals surface area contributed by atoms with Gasteiger partial charge in [-0.05, 0) is 24.6 Å². The number of aryl methyl sites for hydroxylation is 1. The molecule has 0 aliphatic carbocycles. The van der Waals surface area contributed by atoms with Crippen molar-refractivity contribution in [2.45, 2.75) is 13.3 Å². The number of rotatable bonds is 2. The van der Waals surface area contributed by atoms with E-state index in [1.807, 2.05) is 30.0 Å². The molecule has 0 spiro atoms. The zero-order valence-corrected chi connectivity index (χ0v) is 11.0. The molecule has 3 rings (SSSR count). The summed E-state index contributed by atoms with van der Waals surface area (Å²) in [4.78, 5) is 18.3. The maximum absolute atomic E-state index is 12.1. The van der Waals surface area contributed by atoms with Crippen molar-refractivity contribution < 1.29 is 9.21 Å². The topological polar surface area (TPSA) is 58.4 Å². The van der Waals surface area contributed by atoms with Gasteiger partial charge >= 0.3 is 0 Å². The first-order valence-electron chi connectivity index (χ1n) is 6.57. The summed E-state index contributed by atoms with van der Waals surface area (Å²) in [6.07, 6.45) is 0.244. The van der Waals surface area contributed by atoms with Gasteiger partial charge in [-0.25, -0.2) is 4.98 Å². The van der Waals surface area contributed by atoms with Crippen molar-refractivity contribution in [3.05, 3.63) is 29.7 Å². The van der Waals surface area contributed by atoms with Crippen molar-refractivity contribution in [3.63, 3.8) is 0 Å². The molecule has 1 saturated heterocycles. The number of aromatic nitrogens is 1. The lowest BCUT2D eigenvalue weighted by Gasteiger charge is -2.26. The van der Waals surface area contributed by atoms with E-state index in [1.54, 1.807) is 0 Å². The fraction of sp³-hybridized carbons (Fsp3) is 0.429. The van der Waals surface area contributed by atoms with Gasteiger partial charge in [0.15, 0.2) is 5.58 Å². The smallest absolute Gasteiger partial charge is 0.232 e. The number of nitrogens with zero attached hydrogens (tertiary/aromatic N) is 2. The lowest BCUT2D eigenvalue weighted by atomic mass is 10.2. The molecule has 0 unspecified atom stereocenters. The SMILES string of the molecule is Cc1ccc2oc(CC(=O)N3CCNCC3)nc2c1. The van der Waals surface area contributed by atoms with E-state index >= 15 is 0 Å². The van der Waals surface area contributed by atoms with E-state index in [-0.39, 0.29) is 12.3 Å². The standard InChI is InChI=1S/C14H17N3O2/c1-10-2-3-12-11(8-10)16-13(19-12)9-14(18)17-6-4-15-5-7-17/h2-3,8,15H,4-7,9H2,1H3. The Morgan fingerprint density at radius 2 is 2.21 bits per heavy atom. The van der Waals surface area contributed by atoms with E-state index in [2.05, 4.69) is 10.3 Å². The second-order valence-corrected chi connectivity index (χ2v) is 4.89. The molecule has 1 fully saturated rings. The molecule has 0 saturated carbocycles. The van der Waals surface area contributed by atoms with Crippen molar-refractivity contribution >= 4 is 17.0 Å². The first-order chi connectivity index (χ1) is 9.22. The van der Waals surface area contributed by atoms with Crippen LogP contribution >= 0.6 is 0 Å². The van der Waals surface area contributed by atoms with E-state index in [9.17, 15) is 4.79 Å². The van der Waals surface area contributed by atoms with E-state index in [1.165, 1.54) is 0 Å². The molecule has 100 valence electrons. The van der Waals surface area contributed by atoms with Gasteiger partial charge in [-0.3, -0.25) is 4.79 Å². The van der Waals surface area contributed by atoms with Crippen LogP contribution in [0.5, 0.6) is 0 Å². The lowest BCUT2D eigenvalue weighted by molar-refractivity contribution is -0.131. The summed E-state index contributed by atoms with van der Waals surface area (Å²) in [7, 11) is 0. The lowest BCUT2D eigenvalue weighted by Crippen LogP contribution is -2.46. The molecule has 1 aromatic heterocycles. The fourth-order valence-electron chi connectivity index (χ4n) is 2.32. The highest BCUT2D eigenvalue weighted by Gasteiger charge is 2.18. The molecule has 0 radical (unpaired) electrons. The molecule has 5 heteroatoms. The predicted octanol–water partition coefficient (Wildman–Crippen LogP) is 1.11. The molecule has 1 aromatic carbocycles. The van der Waals surface area contributed by atoms with Gasteiger partial charge in [0.2, 0.25) is 11.8 Å². The predicted molar refractivity (Wildman–Crippen MR) is 71.9 cm³/mol. The Bertz CT molecular complexity index is 600. The average molecular weight is 259 g/mol. The average Bonchev–Trinajstić information content (AvgIpc) is 2.81. The minimum atomic E-state index is 0.0878. The summed E-state index contributed by atoms with van der Waals surface area (Å²) in [5.74, 6) is 0.592. The highest BCUT2D eigenvalue weighted by molar-refractivity contribution is 5.79. The van der Waals surface area contributed by atoms with Gasteiger partial charge in [0, 0.05) is 26.2 Å². The third-order valence-electron chi connectivity index (χ3n) is 3.36. The van der Waals surface area contributed by atoms with Gasteiger partial charge in [-0.1, -0.05) is 6.07 Å². The Labute approximate surface area is 111 Å². The molecular weight excluding hydrogens is 242 g/mol. The zero-order valence-electron chi connectivity index (χ0n) is 11.0. The van der Waals surface area contributed by atoms with Crippen LogP contribution < -0.4 is 5.32 Å². The van der Waals surface area contributed by atoms with E-state index < -0.39 is 0 Å². The van der Waals surface area contributed by atoms with Crippen molar-refractivity contribution in [1.29, 1.82) is 0 Å². The number of hydrogen-bond acceptors (Lipinski definition) is 4. The summed E-state index contributed by atoms with van der Waals surface area (Å²) in [6.45, 7) is 5.26. The normalized spacial score (nSPS) is 15.9. The minimum absolute atomic E-state index is 0.0878. The van der Waals surface area contributed by atoms with Crippen molar-refractivity contribution in [3.8, 4) is 0 Å². The molecule has 0 bridgehead atoms. The van der Waals surface area contributed by atoms with E-state index in [0.717, 1.165) is 42.8 Å². The largest absolute Gasteiger partial charge is 0.440 e. The van der Waals surface area contributed by atoms with Crippen LogP contribution in [0, 0.1) is 6.92 Å². The van der Waals surface area contributed by atoms with Crippen LogP contribution in [0.15, 0.2) is 22.6 Å². The highest BCUT2D eigenvalue weighted by atomic mass is 16.3. The minimum Gasteiger partial charge on any atom is -0.440 e. The highest BCUT2D eigenvalue weighted by Crippen LogP contribution is 2.17. The van der Waals surface area contributed by atoms with Crippen molar-refractivity contribution in [1.82, 2.24) is 15.2 Å². The molecule has 19 heavy (non-hydrogen) atoms. The number of fused-ring (bicyclic) bond motifs is 1. The van der Waals surface area contributed by atoms with Crippen LogP contribution in [0.4, 0.5) is 0 Å². The number of hydrogen-bond donors (Lipinski definition) is 1. The summed E-state index contributed by atoms with van der Waals surface area (Å²) in [5.41, 5.74) is 2.71. The Balaban J connectivity index is 1.75. The maximum atomic E-state index is 12.1. The van der Waals surface area contributed by atoms with Crippen molar-refractivity contribution in [2.75, 3.05) is 26.2 Å². The molecule has 1 amide bonds. The third kappa shape index (κ3) is 2.61. The quantitative estimate of drug-likeness (QED) is 0.877.